The Balaban J connectivity index is 1.79. The summed E-state index contributed by atoms with van der Waals surface area (Å²) < 4.78 is 7.44. The summed E-state index contributed by atoms with van der Waals surface area (Å²) in [4.78, 5) is 0. The molecule has 0 saturated carbocycles. The van der Waals surface area contributed by atoms with E-state index in [2.05, 4.69) is 48.2 Å². The van der Waals surface area contributed by atoms with Gasteiger partial charge in [0.25, 0.3) is 0 Å². The number of aryl methyl sites for hydroxylation is 2. The van der Waals surface area contributed by atoms with Gasteiger partial charge in [-0.2, -0.15) is 0 Å². The van der Waals surface area contributed by atoms with Gasteiger partial charge in [-0.1, -0.05) is 28.1 Å². The molecule has 0 spiro atoms. The fourth-order valence-electron chi connectivity index (χ4n) is 2.31. The van der Waals surface area contributed by atoms with Crippen LogP contribution < -0.4 is 5.73 Å². The van der Waals surface area contributed by atoms with Crippen LogP contribution in [0.25, 0.3) is 0 Å². The van der Waals surface area contributed by atoms with Gasteiger partial charge in [0.1, 0.15) is 0 Å². The highest BCUT2D eigenvalue weighted by atomic mass is 79.9. The fraction of sp³-hybridized carbons (Fsp3) is 0.500. The molecule has 130 valence electrons. The second-order valence-electron chi connectivity index (χ2n) is 5.44. The summed E-state index contributed by atoms with van der Waals surface area (Å²) in [5.74, 6) is 0.662. The molecule has 1 aromatic heterocycles. The monoisotopic (exact) mass is 397 g/mol. The van der Waals surface area contributed by atoms with Crippen molar-refractivity contribution in [1.82, 2.24) is 20.2 Å². The molecular formula is C14H21BBrN5O3. The molecule has 0 saturated heterocycles. The van der Waals surface area contributed by atoms with Crippen LogP contribution in [0.4, 0.5) is 0 Å². The molecule has 1 atom stereocenters. The standard InChI is InChI=1S/C14H21BBrN5O3/c16-12-6-4-11(5-7-12)8-9-21-14(18-19-20-21)13(17)3-1-2-10-24-15(22)23/h4-7,13,22-23H,1-3,8-10,17H2. The molecule has 1 aromatic carbocycles. The van der Waals surface area contributed by atoms with Gasteiger partial charge in [-0.05, 0) is 53.8 Å². The molecule has 2 aromatic rings. The van der Waals surface area contributed by atoms with Crippen molar-refractivity contribution in [2.24, 2.45) is 5.73 Å². The van der Waals surface area contributed by atoms with E-state index in [9.17, 15) is 0 Å². The first kappa shape index (κ1) is 19.0. The lowest BCUT2D eigenvalue weighted by molar-refractivity contribution is 0.181. The average molecular weight is 398 g/mol. The van der Waals surface area contributed by atoms with E-state index in [0.29, 0.717) is 25.2 Å². The minimum atomic E-state index is -1.72. The largest absolute Gasteiger partial charge is 0.633 e. The van der Waals surface area contributed by atoms with E-state index in [0.717, 1.165) is 17.3 Å². The second-order valence-corrected chi connectivity index (χ2v) is 6.35. The van der Waals surface area contributed by atoms with E-state index in [1.54, 1.807) is 4.68 Å². The van der Waals surface area contributed by atoms with Gasteiger partial charge in [0, 0.05) is 17.6 Å². The van der Waals surface area contributed by atoms with Gasteiger partial charge >= 0.3 is 7.32 Å². The van der Waals surface area contributed by atoms with E-state index in [1.807, 2.05) is 12.1 Å². The molecule has 10 heteroatoms. The van der Waals surface area contributed by atoms with Gasteiger partial charge in [-0.3, -0.25) is 0 Å². The maximum Gasteiger partial charge on any atom is 0.633 e. The average Bonchev–Trinajstić information content (AvgIpc) is 3.02. The Labute approximate surface area is 149 Å². The van der Waals surface area contributed by atoms with Crippen LogP contribution in [0.3, 0.4) is 0 Å². The van der Waals surface area contributed by atoms with Gasteiger partial charge in [0.15, 0.2) is 5.82 Å². The topological polar surface area (TPSA) is 119 Å². The van der Waals surface area contributed by atoms with Crippen molar-refractivity contribution >= 4 is 23.3 Å². The number of aromatic nitrogens is 4. The minimum Gasteiger partial charge on any atom is -0.402 e. The first-order chi connectivity index (χ1) is 11.6. The Hall–Kier alpha value is -1.33. The zero-order valence-electron chi connectivity index (χ0n) is 13.3. The van der Waals surface area contributed by atoms with Crippen molar-refractivity contribution in [3.63, 3.8) is 0 Å². The van der Waals surface area contributed by atoms with Crippen LogP contribution in [0.5, 0.6) is 0 Å². The number of hydrogen-bond acceptors (Lipinski definition) is 7. The third-order valence-corrected chi connectivity index (χ3v) is 4.12. The predicted molar refractivity (Wildman–Crippen MR) is 92.6 cm³/mol. The van der Waals surface area contributed by atoms with E-state index in [4.69, 9.17) is 15.8 Å². The summed E-state index contributed by atoms with van der Waals surface area (Å²) >= 11 is 3.42. The molecule has 0 amide bonds. The SMILES string of the molecule is NC(CCCCOB(O)O)c1nnnn1CCc1ccc(Br)cc1. The highest BCUT2D eigenvalue weighted by Crippen LogP contribution is 2.15. The van der Waals surface area contributed by atoms with Crippen LogP contribution >= 0.6 is 15.9 Å². The lowest BCUT2D eigenvalue weighted by atomic mass is 10.1. The molecule has 2 rings (SSSR count). The second kappa shape index (κ2) is 9.85. The number of nitrogens with zero attached hydrogens (tertiary/aromatic N) is 4. The molecular weight excluding hydrogens is 377 g/mol. The summed E-state index contributed by atoms with van der Waals surface area (Å²) in [5, 5.41) is 28.9. The number of nitrogens with two attached hydrogens (primary N) is 1. The van der Waals surface area contributed by atoms with Gasteiger partial charge in [-0.15, -0.1) is 5.10 Å². The summed E-state index contributed by atoms with van der Waals surface area (Å²) in [5.41, 5.74) is 7.36. The highest BCUT2D eigenvalue weighted by Gasteiger charge is 2.15. The molecule has 1 heterocycles. The molecule has 1 unspecified atom stereocenters. The van der Waals surface area contributed by atoms with Gasteiger partial charge in [0.05, 0.1) is 6.04 Å². The van der Waals surface area contributed by atoms with Crippen LogP contribution in [0, 0.1) is 0 Å². The Morgan fingerprint density at radius 1 is 1.25 bits per heavy atom. The van der Waals surface area contributed by atoms with Gasteiger partial charge in [-0.25, -0.2) is 4.68 Å². The summed E-state index contributed by atoms with van der Waals surface area (Å²) in [6, 6.07) is 7.87. The van der Waals surface area contributed by atoms with Crippen molar-refractivity contribution in [2.75, 3.05) is 6.61 Å². The van der Waals surface area contributed by atoms with Crippen LogP contribution in [0.1, 0.15) is 36.7 Å². The summed E-state index contributed by atoms with van der Waals surface area (Å²) in [6.07, 6.45) is 2.99. The van der Waals surface area contributed by atoms with Crippen molar-refractivity contribution in [2.45, 2.75) is 38.3 Å². The Kier molecular flexibility index (Phi) is 7.80. The number of tetrazole rings is 1. The zero-order chi connectivity index (χ0) is 17.4. The van der Waals surface area contributed by atoms with Crippen molar-refractivity contribution < 1.29 is 14.7 Å². The van der Waals surface area contributed by atoms with Gasteiger partial charge < -0.3 is 20.4 Å². The molecule has 0 radical (unpaired) electrons. The molecule has 0 fully saturated rings. The van der Waals surface area contributed by atoms with E-state index in [-0.39, 0.29) is 12.6 Å². The number of halogens is 1. The smallest absolute Gasteiger partial charge is 0.402 e. The molecule has 0 aliphatic carbocycles. The van der Waals surface area contributed by atoms with E-state index in [1.165, 1.54) is 5.56 Å². The Bertz CT molecular complexity index is 611. The highest BCUT2D eigenvalue weighted by molar-refractivity contribution is 9.10. The lowest BCUT2D eigenvalue weighted by Gasteiger charge is -2.12. The van der Waals surface area contributed by atoms with Crippen LogP contribution in [0.15, 0.2) is 28.7 Å². The third kappa shape index (κ3) is 6.29. The summed E-state index contributed by atoms with van der Waals surface area (Å²) in [7, 11) is -1.72. The number of rotatable bonds is 10. The van der Waals surface area contributed by atoms with Crippen molar-refractivity contribution in [3.8, 4) is 0 Å². The van der Waals surface area contributed by atoms with Crippen molar-refractivity contribution in [3.05, 3.63) is 40.1 Å². The Morgan fingerprint density at radius 2 is 2.00 bits per heavy atom. The third-order valence-electron chi connectivity index (χ3n) is 3.59. The molecule has 8 nitrogen and oxygen atoms in total. The summed E-state index contributed by atoms with van der Waals surface area (Å²) in [6.45, 7) is 0.941. The lowest BCUT2D eigenvalue weighted by Crippen LogP contribution is -2.19. The number of hydrogen-bond donors (Lipinski definition) is 3. The zero-order valence-corrected chi connectivity index (χ0v) is 14.8. The van der Waals surface area contributed by atoms with Crippen LogP contribution in [-0.2, 0) is 17.6 Å². The first-order valence-electron chi connectivity index (χ1n) is 7.80. The van der Waals surface area contributed by atoms with E-state index >= 15 is 0 Å². The van der Waals surface area contributed by atoms with Gasteiger partial charge in [0.2, 0.25) is 0 Å². The molecule has 4 N–H and O–H groups in total. The first-order valence-corrected chi connectivity index (χ1v) is 8.59. The van der Waals surface area contributed by atoms with Crippen LogP contribution in [0.2, 0.25) is 0 Å². The molecule has 0 bridgehead atoms. The molecule has 24 heavy (non-hydrogen) atoms. The minimum absolute atomic E-state index is 0.260. The normalized spacial score (nSPS) is 12.3. The predicted octanol–water partition coefficient (Wildman–Crippen LogP) is 0.835. The molecule has 0 aliphatic heterocycles. The van der Waals surface area contributed by atoms with Crippen molar-refractivity contribution in [1.29, 1.82) is 0 Å². The van der Waals surface area contributed by atoms with Crippen LogP contribution in [-0.4, -0.2) is 44.2 Å². The fourth-order valence-corrected chi connectivity index (χ4v) is 2.57. The van der Waals surface area contributed by atoms with E-state index < -0.39 is 7.32 Å². The number of benzene rings is 1. The maximum atomic E-state index is 8.59. The number of unbranched alkanes of at least 4 members (excludes halogenated alkanes) is 1. The molecule has 0 aliphatic rings. The maximum absolute atomic E-state index is 8.59. The quantitative estimate of drug-likeness (QED) is 0.401. The Morgan fingerprint density at radius 3 is 2.71 bits per heavy atom.